The molecule has 30 heavy (non-hydrogen) atoms. The molecule has 0 N–H and O–H groups in total. The molecule has 1 heterocycles. The Morgan fingerprint density at radius 1 is 1.17 bits per heavy atom. The number of carbonyl (C=O) groups is 1. The van der Waals surface area contributed by atoms with E-state index in [9.17, 15) is 13.2 Å². The SMILES string of the molecule is Cc1cc(C(=O)N2CCCC(COc3ccccc3)C2)cc(S(=O)(=O)N(C)C)c1C. The molecule has 1 amide bonds. The Morgan fingerprint density at radius 2 is 1.87 bits per heavy atom. The Kier molecular flexibility index (Phi) is 6.83. The summed E-state index contributed by atoms with van der Waals surface area (Å²) in [6.45, 7) is 5.45. The first-order valence-corrected chi connectivity index (χ1v) is 11.6. The second kappa shape index (κ2) is 9.18. The van der Waals surface area contributed by atoms with Crippen LogP contribution >= 0.6 is 0 Å². The fourth-order valence-corrected chi connectivity index (χ4v) is 4.93. The lowest BCUT2D eigenvalue weighted by Crippen LogP contribution is -2.41. The number of para-hydroxylation sites is 1. The average molecular weight is 431 g/mol. The second-order valence-electron chi connectivity index (χ2n) is 8.09. The minimum absolute atomic E-state index is 0.127. The Hall–Kier alpha value is -2.38. The highest BCUT2D eigenvalue weighted by atomic mass is 32.2. The first-order valence-electron chi connectivity index (χ1n) is 10.2. The van der Waals surface area contributed by atoms with Gasteiger partial charge in [0.1, 0.15) is 5.75 Å². The molecule has 6 nitrogen and oxygen atoms in total. The lowest BCUT2D eigenvalue weighted by atomic mass is 9.97. The highest BCUT2D eigenvalue weighted by Crippen LogP contribution is 2.26. The van der Waals surface area contributed by atoms with E-state index in [0.717, 1.165) is 24.2 Å². The van der Waals surface area contributed by atoms with Crippen molar-refractivity contribution in [2.24, 2.45) is 5.92 Å². The zero-order valence-corrected chi connectivity index (χ0v) is 18.9. The Morgan fingerprint density at radius 3 is 2.53 bits per heavy atom. The van der Waals surface area contributed by atoms with Crippen LogP contribution in [0.3, 0.4) is 0 Å². The van der Waals surface area contributed by atoms with Gasteiger partial charge < -0.3 is 9.64 Å². The zero-order valence-electron chi connectivity index (χ0n) is 18.1. The van der Waals surface area contributed by atoms with Crippen molar-refractivity contribution in [3.05, 3.63) is 59.2 Å². The van der Waals surface area contributed by atoms with Crippen molar-refractivity contribution in [1.29, 1.82) is 0 Å². The quantitative estimate of drug-likeness (QED) is 0.704. The fourth-order valence-electron chi connectivity index (χ4n) is 3.71. The summed E-state index contributed by atoms with van der Waals surface area (Å²) in [7, 11) is -0.623. The van der Waals surface area contributed by atoms with Gasteiger partial charge in [0.2, 0.25) is 10.0 Å². The van der Waals surface area contributed by atoms with Crippen molar-refractivity contribution >= 4 is 15.9 Å². The van der Waals surface area contributed by atoms with Crippen LogP contribution in [0.2, 0.25) is 0 Å². The number of aryl methyl sites for hydroxylation is 1. The lowest BCUT2D eigenvalue weighted by molar-refractivity contribution is 0.0633. The van der Waals surface area contributed by atoms with Gasteiger partial charge >= 0.3 is 0 Å². The molecular formula is C23H30N2O4S. The van der Waals surface area contributed by atoms with E-state index in [1.807, 2.05) is 42.2 Å². The van der Waals surface area contributed by atoms with E-state index in [2.05, 4.69) is 0 Å². The molecule has 7 heteroatoms. The first-order chi connectivity index (χ1) is 14.2. The fraction of sp³-hybridized carbons (Fsp3) is 0.435. The molecule has 1 atom stereocenters. The number of likely N-dealkylation sites (tertiary alicyclic amines) is 1. The van der Waals surface area contributed by atoms with Gasteiger partial charge in [0, 0.05) is 38.7 Å². The molecule has 2 aromatic rings. The minimum atomic E-state index is -3.62. The molecule has 0 bridgehead atoms. The Labute approximate surface area is 179 Å². The van der Waals surface area contributed by atoms with Crippen LogP contribution in [0, 0.1) is 19.8 Å². The smallest absolute Gasteiger partial charge is 0.253 e. The monoisotopic (exact) mass is 430 g/mol. The van der Waals surface area contributed by atoms with Crippen LogP contribution in [0.25, 0.3) is 0 Å². The lowest BCUT2D eigenvalue weighted by Gasteiger charge is -2.33. The van der Waals surface area contributed by atoms with Gasteiger partial charge in [-0.1, -0.05) is 18.2 Å². The van der Waals surface area contributed by atoms with Gasteiger partial charge in [-0.05, 0) is 62.1 Å². The van der Waals surface area contributed by atoms with Crippen LogP contribution in [-0.4, -0.2) is 57.3 Å². The van der Waals surface area contributed by atoms with E-state index >= 15 is 0 Å². The number of sulfonamides is 1. The molecular weight excluding hydrogens is 400 g/mol. The largest absolute Gasteiger partial charge is 0.493 e. The van der Waals surface area contributed by atoms with Crippen molar-refractivity contribution in [1.82, 2.24) is 9.21 Å². The van der Waals surface area contributed by atoms with Gasteiger partial charge in [0.25, 0.3) is 5.91 Å². The van der Waals surface area contributed by atoms with Gasteiger partial charge in [0.15, 0.2) is 0 Å². The summed E-state index contributed by atoms with van der Waals surface area (Å²) in [6.07, 6.45) is 1.91. The Bertz CT molecular complexity index is 1000. The van der Waals surface area contributed by atoms with E-state index < -0.39 is 10.0 Å². The molecule has 1 aliphatic heterocycles. The maximum Gasteiger partial charge on any atom is 0.253 e. The van der Waals surface area contributed by atoms with Gasteiger partial charge in [-0.25, -0.2) is 12.7 Å². The standard InChI is InChI=1S/C23H30N2O4S/c1-17-13-20(14-22(18(17)2)30(27,28)24(3)4)23(26)25-12-8-9-19(15-25)16-29-21-10-6-5-7-11-21/h5-7,10-11,13-14,19H,8-9,12,15-16H2,1-4H3. The summed E-state index contributed by atoms with van der Waals surface area (Å²) in [6, 6.07) is 13.0. The van der Waals surface area contributed by atoms with Gasteiger partial charge in [0.05, 0.1) is 11.5 Å². The summed E-state index contributed by atoms with van der Waals surface area (Å²) < 4.78 is 32.5. The van der Waals surface area contributed by atoms with Gasteiger partial charge in [-0.2, -0.15) is 0 Å². The van der Waals surface area contributed by atoms with Crippen LogP contribution in [-0.2, 0) is 10.0 Å². The van der Waals surface area contributed by atoms with E-state index in [1.54, 1.807) is 13.0 Å². The van der Waals surface area contributed by atoms with Crippen LogP contribution in [0.4, 0.5) is 0 Å². The van der Waals surface area contributed by atoms with Crippen LogP contribution in [0.1, 0.15) is 34.3 Å². The van der Waals surface area contributed by atoms with Crippen LogP contribution in [0.15, 0.2) is 47.4 Å². The number of nitrogens with zero attached hydrogens (tertiary/aromatic N) is 2. The zero-order chi connectivity index (χ0) is 21.9. The molecule has 0 spiro atoms. The average Bonchev–Trinajstić information content (AvgIpc) is 2.74. The summed E-state index contributed by atoms with van der Waals surface area (Å²) in [5, 5.41) is 0. The van der Waals surface area contributed by atoms with E-state index in [0.29, 0.717) is 30.8 Å². The van der Waals surface area contributed by atoms with Crippen LogP contribution in [0.5, 0.6) is 5.75 Å². The molecule has 0 radical (unpaired) electrons. The summed E-state index contributed by atoms with van der Waals surface area (Å²) in [5.74, 6) is 0.950. The molecule has 1 saturated heterocycles. The second-order valence-corrected chi connectivity index (χ2v) is 10.2. The number of rotatable bonds is 6. The van der Waals surface area contributed by atoms with E-state index in [1.165, 1.54) is 24.5 Å². The maximum atomic E-state index is 13.2. The molecule has 1 unspecified atom stereocenters. The molecule has 1 fully saturated rings. The molecule has 1 aliphatic rings. The number of ether oxygens (including phenoxy) is 1. The molecule has 3 rings (SSSR count). The highest BCUT2D eigenvalue weighted by Gasteiger charge is 2.28. The van der Waals surface area contributed by atoms with Crippen molar-refractivity contribution < 1.29 is 17.9 Å². The highest BCUT2D eigenvalue weighted by molar-refractivity contribution is 7.89. The molecule has 0 aromatic heterocycles. The summed E-state index contributed by atoms with van der Waals surface area (Å²) >= 11 is 0. The predicted molar refractivity (Wildman–Crippen MR) is 117 cm³/mol. The van der Waals surface area contributed by atoms with Gasteiger partial charge in [-0.15, -0.1) is 0 Å². The summed E-state index contributed by atoms with van der Waals surface area (Å²) in [4.78, 5) is 15.2. The van der Waals surface area contributed by atoms with Gasteiger partial charge in [-0.3, -0.25) is 4.79 Å². The first kappa shape index (κ1) is 22.3. The summed E-state index contributed by atoms with van der Waals surface area (Å²) in [5.41, 5.74) is 1.89. The number of carbonyl (C=O) groups excluding carboxylic acids is 1. The number of hydrogen-bond acceptors (Lipinski definition) is 4. The third-order valence-electron chi connectivity index (χ3n) is 5.66. The van der Waals surface area contributed by atoms with E-state index in [4.69, 9.17) is 4.74 Å². The third-order valence-corrected chi connectivity index (χ3v) is 7.60. The third kappa shape index (κ3) is 4.84. The maximum absolute atomic E-state index is 13.2. The van der Waals surface area contributed by atoms with Crippen molar-refractivity contribution in [2.75, 3.05) is 33.8 Å². The number of benzene rings is 2. The van der Waals surface area contributed by atoms with Crippen molar-refractivity contribution in [3.63, 3.8) is 0 Å². The molecule has 2 aromatic carbocycles. The van der Waals surface area contributed by atoms with Crippen molar-refractivity contribution in [3.8, 4) is 5.75 Å². The number of piperidine rings is 1. The predicted octanol–water partition coefficient (Wildman–Crippen LogP) is 3.48. The normalized spacial score (nSPS) is 17.2. The molecule has 0 aliphatic carbocycles. The molecule has 162 valence electrons. The topological polar surface area (TPSA) is 66.9 Å². The van der Waals surface area contributed by atoms with E-state index in [-0.39, 0.29) is 16.7 Å². The number of hydrogen-bond donors (Lipinski definition) is 0. The Balaban J connectivity index is 1.76. The number of amides is 1. The van der Waals surface area contributed by atoms with Crippen molar-refractivity contribution in [2.45, 2.75) is 31.6 Å². The van der Waals surface area contributed by atoms with Crippen LogP contribution < -0.4 is 4.74 Å². The molecule has 0 saturated carbocycles. The minimum Gasteiger partial charge on any atom is -0.493 e.